The molecular formula is C14H13Cl2N5. The van der Waals surface area contributed by atoms with Crippen molar-refractivity contribution < 1.29 is 0 Å². The zero-order valence-electron chi connectivity index (χ0n) is 11.0. The van der Waals surface area contributed by atoms with Crippen molar-refractivity contribution in [3.8, 4) is 0 Å². The highest BCUT2D eigenvalue weighted by atomic mass is 35.5. The zero-order chi connectivity index (χ0) is 14.8. The van der Waals surface area contributed by atoms with Gasteiger partial charge < -0.3 is 0 Å². The van der Waals surface area contributed by atoms with E-state index in [0.29, 0.717) is 16.5 Å². The molecule has 2 aromatic heterocycles. The first-order valence-electron chi connectivity index (χ1n) is 6.37. The van der Waals surface area contributed by atoms with E-state index in [1.165, 1.54) is 0 Å². The third kappa shape index (κ3) is 2.73. The average molecular weight is 322 g/mol. The third-order valence-electron chi connectivity index (χ3n) is 3.39. The predicted molar refractivity (Wildman–Crippen MR) is 83.2 cm³/mol. The summed E-state index contributed by atoms with van der Waals surface area (Å²) in [6.07, 6.45) is 7.61. The number of benzene rings is 1. The Balaban J connectivity index is 1.97. The summed E-state index contributed by atoms with van der Waals surface area (Å²) in [6.45, 7) is 0. The van der Waals surface area contributed by atoms with Crippen LogP contribution in [0.1, 0.15) is 17.2 Å². The Bertz CT molecular complexity index is 771. The first-order chi connectivity index (χ1) is 10.2. The number of rotatable bonds is 4. The molecule has 0 aliphatic rings. The molecule has 7 heteroatoms. The molecule has 1 atom stereocenters. The van der Waals surface area contributed by atoms with Crippen LogP contribution in [0.4, 0.5) is 0 Å². The van der Waals surface area contributed by atoms with Gasteiger partial charge >= 0.3 is 0 Å². The van der Waals surface area contributed by atoms with E-state index in [1.54, 1.807) is 35.4 Å². The Morgan fingerprint density at radius 2 is 2.14 bits per heavy atom. The van der Waals surface area contributed by atoms with Crippen LogP contribution in [0.3, 0.4) is 0 Å². The molecule has 2 heterocycles. The fraction of sp³-hybridized carbons (Fsp3) is 0.143. The van der Waals surface area contributed by atoms with Crippen molar-refractivity contribution in [3.63, 3.8) is 0 Å². The van der Waals surface area contributed by atoms with Gasteiger partial charge in [-0.1, -0.05) is 35.3 Å². The summed E-state index contributed by atoms with van der Waals surface area (Å²) in [4.78, 5) is 4.12. The van der Waals surface area contributed by atoms with E-state index >= 15 is 0 Å². The van der Waals surface area contributed by atoms with Crippen LogP contribution in [0.25, 0.3) is 5.52 Å². The van der Waals surface area contributed by atoms with Crippen molar-refractivity contribution in [2.45, 2.75) is 12.5 Å². The molecule has 5 nitrogen and oxygen atoms in total. The topological polar surface area (TPSA) is 68.2 Å². The van der Waals surface area contributed by atoms with Crippen LogP contribution < -0.4 is 11.3 Å². The van der Waals surface area contributed by atoms with Gasteiger partial charge in [-0.25, -0.2) is 4.52 Å². The van der Waals surface area contributed by atoms with Gasteiger partial charge in [-0.05, 0) is 18.1 Å². The minimum Gasteiger partial charge on any atom is -0.271 e. The quantitative estimate of drug-likeness (QED) is 0.572. The zero-order valence-corrected chi connectivity index (χ0v) is 12.5. The number of nitrogens with two attached hydrogens (primary N) is 1. The molecule has 0 aliphatic carbocycles. The highest BCUT2D eigenvalue weighted by molar-refractivity contribution is 6.42. The molecule has 0 amide bonds. The van der Waals surface area contributed by atoms with Crippen molar-refractivity contribution in [1.82, 2.24) is 20.0 Å². The van der Waals surface area contributed by atoms with Gasteiger partial charge in [0.15, 0.2) is 0 Å². The van der Waals surface area contributed by atoms with E-state index in [1.807, 2.05) is 12.1 Å². The van der Waals surface area contributed by atoms with E-state index in [-0.39, 0.29) is 6.04 Å². The Labute approximate surface area is 131 Å². The van der Waals surface area contributed by atoms with Crippen LogP contribution in [0.15, 0.2) is 43.0 Å². The molecule has 108 valence electrons. The Kier molecular flexibility index (Phi) is 4.07. The second-order valence-corrected chi connectivity index (χ2v) is 5.43. The number of hydrazine groups is 1. The van der Waals surface area contributed by atoms with Gasteiger partial charge in [-0.15, -0.1) is 0 Å². The van der Waals surface area contributed by atoms with Gasteiger partial charge in [0.1, 0.15) is 0 Å². The molecular weight excluding hydrogens is 309 g/mol. The maximum atomic E-state index is 6.24. The molecule has 3 rings (SSSR count). The van der Waals surface area contributed by atoms with Crippen molar-refractivity contribution in [2.24, 2.45) is 5.84 Å². The highest BCUT2D eigenvalue weighted by Crippen LogP contribution is 2.30. The van der Waals surface area contributed by atoms with Crippen molar-refractivity contribution >= 4 is 28.7 Å². The molecule has 0 radical (unpaired) electrons. The van der Waals surface area contributed by atoms with Gasteiger partial charge in [0.2, 0.25) is 0 Å². The van der Waals surface area contributed by atoms with Crippen LogP contribution >= 0.6 is 23.2 Å². The number of fused-ring (bicyclic) bond motifs is 1. The lowest BCUT2D eigenvalue weighted by atomic mass is 10.0. The first-order valence-corrected chi connectivity index (χ1v) is 7.12. The number of halogens is 2. The summed E-state index contributed by atoms with van der Waals surface area (Å²) in [7, 11) is 0. The van der Waals surface area contributed by atoms with Gasteiger partial charge in [-0.3, -0.25) is 16.3 Å². The smallest absolute Gasteiger partial charge is 0.0893 e. The lowest BCUT2D eigenvalue weighted by Gasteiger charge is -2.16. The number of hydrogen-bond donors (Lipinski definition) is 2. The van der Waals surface area contributed by atoms with Crippen molar-refractivity contribution in [1.29, 1.82) is 0 Å². The summed E-state index contributed by atoms with van der Waals surface area (Å²) in [6, 6.07) is 5.43. The van der Waals surface area contributed by atoms with E-state index < -0.39 is 0 Å². The average Bonchev–Trinajstić information content (AvgIpc) is 2.93. The van der Waals surface area contributed by atoms with E-state index in [4.69, 9.17) is 29.0 Å². The molecule has 0 aliphatic heterocycles. The van der Waals surface area contributed by atoms with Crippen LogP contribution in [0.5, 0.6) is 0 Å². The summed E-state index contributed by atoms with van der Waals surface area (Å²) in [5, 5.41) is 5.37. The van der Waals surface area contributed by atoms with Crippen LogP contribution in [0.2, 0.25) is 10.0 Å². The molecule has 3 aromatic rings. The molecule has 1 unspecified atom stereocenters. The molecule has 0 bridgehead atoms. The molecule has 0 saturated carbocycles. The SMILES string of the molecule is NNC(Cc1cccc(Cl)c1Cl)c1cnn2ccncc12. The second kappa shape index (κ2) is 5.99. The first kappa shape index (κ1) is 14.3. The third-order valence-corrected chi connectivity index (χ3v) is 4.24. The maximum Gasteiger partial charge on any atom is 0.0893 e. The Morgan fingerprint density at radius 1 is 1.29 bits per heavy atom. The lowest BCUT2D eigenvalue weighted by molar-refractivity contribution is 0.555. The fourth-order valence-corrected chi connectivity index (χ4v) is 2.70. The predicted octanol–water partition coefficient (Wildman–Crippen LogP) is 2.78. The molecule has 0 spiro atoms. The van der Waals surface area contributed by atoms with Gasteiger partial charge in [-0.2, -0.15) is 5.10 Å². The van der Waals surface area contributed by atoms with Crippen LogP contribution in [0, 0.1) is 0 Å². The summed E-state index contributed by atoms with van der Waals surface area (Å²) >= 11 is 12.3. The summed E-state index contributed by atoms with van der Waals surface area (Å²) in [5.74, 6) is 5.71. The number of aromatic nitrogens is 3. The minimum atomic E-state index is -0.136. The van der Waals surface area contributed by atoms with Crippen LogP contribution in [-0.4, -0.2) is 14.6 Å². The molecule has 3 N–H and O–H groups in total. The van der Waals surface area contributed by atoms with Gasteiger partial charge in [0, 0.05) is 18.0 Å². The molecule has 1 aromatic carbocycles. The Hall–Kier alpha value is -1.66. The fourth-order valence-electron chi connectivity index (χ4n) is 2.31. The standard InChI is InChI=1S/C14H13Cl2N5/c15-11-3-1-2-9(14(11)16)6-12(20-17)10-7-19-21-5-4-18-8-13(10)21/h1-5,7-8,12,20H,6,17H2. The van der Waals surface area contributed by atoms with E-state index in [0.717, 1.165) is 16.6 Å². The largest absolute Gasteiger partial charge is 0.271 e. The van der Waals surface area contributed by atoms with Gasteiger partial charge in [0.25, 0.3) is 0 Å². The lowest BCUT2D eigenvalue weighted by Crippen LogP contribution is -2.29. The summed E-state index contributed by atoms with van der Waals surface area (Å²) in [5.41, 5.74) is 5.60. The van der Waals surface area contributed by atoms with E-state index in [2.05, 4.69) is 15.5 Å². The maximum absolute atomic E-state index is 6.24. The second-order valence-electron chi connectivity index (χ2n) is 4.64. The monoisotopic (exact) mass is 321 g/mol. The van der Waals surface area contributed by atoms with Crippen LogP contribution in [-0.2, 0) is 6.42 Å². The highest BCUT2D eigenvalue weighted by Gasteiger charge is 2.17. The van der Waals surface area contributed by atoms with Crippen molar-refractivity contribution in [2.75, 3.05) is 0 Å². The Morgan fingerprint density at radius 3 is 2.95 bits per heavy atom. The normalized spacial score (nSPS) is 12.7. The van der Waals surface area contributed by atoms with Crippen molar-refractivity contribution in [3.05, 3.63) is 64.2 Å². The molecule has 21 heavy (non-hydrogen) atoms. The minimum absolute atomic E-state index is 0.136. The molecule has 0 fully saturated rings. The van der Waals surface area contributed by atoms with E-state index in [9.17, 15) is 0 Å². The number of hydrogen-bond acceptors (Lipinski definition) is 4. The number of nitrogens with one attached hydrogen (secondary N) is 1. The van der Waals surface area contributed by atoms with Gasteiger partial charge in [0.05, 0.1) is 34.0 Å². The number of nitrogens with zero attached hydrogens (tertiary/aromatic N) is 3. The summed E-state index contributed by atoms with van der Waals surface area (Å²) < 4.78 is 1.76. The molecule has 0 saturated heterocycles.